The molecule has 6 nitrogen and oxygen atoms in total. The van der Waals surface area contributed by atoms with Crippen LogP contribution in [0.1, 0.15) is 51.9 Å². The van der Waals surface area contributed by atoms with E-state index in [-0.39, 0.29) is 24.0 Å². The molecule has 0 bridgehead atoms. The van der Waals surface area contributed by atoms with Crippen LogP contribution in [0.2, 0.25) is 0 Å². The predicted octanol–water partition coefficient (Wildman–Crippen LogP) is 2.96. The Kier molecular flexibility index (Phi) is 12.1. The summed E-state index contributed by atoms with van der Waals surface area (Å²) in [6, 6.07) is 0. The molecule has 3 fully saturated rings. The summed E-state index contributed by atoms with van der Waals surface area (Å²) in [5.74, 6) is 1.90. The molecule has 1 unspecified atom stereocenters. The van der Waals surface area contributed by atoms with Crippen molar-refractivity contribution >= 4 is 29.9 Å². The molecule has 0 aromatic heterocycles. The normalized spacial score (nSPS) is 25.0. The maximum Gasteiger partial charge on any atom is 0.193 e. The molecule has 164 valence electrons. The molecule has 0 aliphatic carbocycles. The van der Waals surface area contributed by atoms with E-state index in [1.165, 1.54) is 45.3 Å². The second-order valence-electron chi connectivity index (χ2n) is 8.23. The molecular weight excluding hydrogens is 467 g/mol. The van der Waals surface area contributed by atoms with Gasteiger partial charge < -0.3 is 24.6 Å². The molecule has 0 aromatic carbocycles. The quantitative estimate of drug-likeness (QED) is 0.237. The molecule has 3 heterocycles. The Bertz CT molecular complexity index is 440. The van der Waals surface area contributed by atoms with Gasteiger partial charge in [0.05, 0.1) is 6.10 Å². The van der Waals surface area contributed by atoms with Gasteiger partial charge in [-0.3, -0.25) is 4.99 Å². The third kappa shape index (κ3) is 8.32. The van der Waals surface area contributed by atoms with Gasteiger partial charge in [0.15, 0.2) is 5.96 Å². The number of piperidine rings is 1. The van der Waals surface area contributed by atoms with Crippen molar-refractivity contribution in [1.29, 1.82) is 0 Å². The Hall–Kier alpha value is -0.120. The maximum atomic E-state index is 5.96. The van der Waals surface area contributed by atoms with Crippen molar-refractivity contribution in [3.05, 3.63) is 0 Å². The second-order valence-corrected chi connectivity index (χ2v) is 8.23. The SMILES string of the molecule is CCNC(=NCCCOC1CCOCC1)N1CCC(CN2CCCCC2)C1.I. The number of nitrogens with zero attached hydrogens (tertiary/aromatic N) is 3. The molecule has 0 aromatic rings. The number of aliphatic imine (C=N–C) groups is 1. The van der Waals surface area contributed by atoms with Crippen molar-refractivity contribution < 1.29 is 9.47 Å². The van der Waals surface area contributed by atoms with Crippen molar-refractivity contribution in [2.75, 3.05) is 65.6 Å². The molecule has 1 N–H and O–H groups in total. The first-order valence-electron chi connectivity index (χ1n) is 11.3. The summed E-state index contributed by atoms with van der Waals surface area (Å²) in [5.41, 5.74) is 0. The summed E-state index contributed by atoms with van der Waals surface area (Å²) in [4.78, 5) is 10.0. The van der Waals surface area contributed by atoms with Gasteiger partial charge in [-0.25, -0.2) is 0 Å². The molecule has 1 atom stereocenters. The molecule has 3 aliphatic rings. The van der Waals surface area contributed by atoms with Gasteiger partial charge in [0.2, 0.25) is 0 Å². The zero-order valence-corrected chi connectivity index (χ0v) is 20.1. The fourth-order valence-corrected chi connectivity index (χ4v) is 4.45. The number of halogens is 1. The maximum absolute atomic E-state index is 5.96. The van der Waals surface area contributed by atoms with Gasteiger partial charge in [-0.2, -0.15) is 0 Å². The zero-order chi connectivity index (χ0) is 18.7. The highest BCUT2D eigenvalue weighted by Crippen LogP contribution is 2.20. The summed E-state index contributed by atoms with van der Waals surface area (Å²) in [6.07, 6.45) is 8.96. The minimum absolute atomic E-state index is 0. The summed E-state index contributed by atoms with van der Waals surface area (Å²) in [6.45, 7) is 12.6. The summed E-state index contributed by atoms with van der Waals surface area (Å²) in [7, 11) is 0. The van der Waals surface area contributed by atoms with Crippen LogP contribution in [0, 0.1) is 5.92 Å². The highest BCUT2D eigenvalue weighted by molar-refractivity contribution is 14.0. The van der Waals surface area contributed by atoms with E-state index in [4.69, 9.17) is 14.5 Å². The Balaban J connectivity index is 0.00000280. The van der Waals surface area contributed by atoms with Crippen molar-refractivity contribution in [3.63, 3.8) is 0 Å². The lowest BCUT2D eigenvalue weighted by atomic mass is 10.1. The van der Waals surface area contributed by atoms with Crippen LogP contribution < -0.4 is 5.32 Å². The van der Waals surface area contributed by atoms with E-state index in [9.17, 15) is 0 Å². The van der Waals surface area contributed by atoms with E-state index in [2.05, 4.69) is 22.0 Å². The van der Waals surface area contributed by atoms with Crippen molar-refractivity contribution in [2.45, 2.75) is 58.0 Å². The molecule has 3 saturated heterocycles. The van der Waals surface area contributed by atoms with Crippen LogP contribution in [0.15, 0.2) is 4.99 Å². The minimum Gasteiger partial charge on any atom is -0.381 e. The standard InChI is InChI=1S/C21H40N4O2.HI/c1-2-22-21(23-10-6-14-27-20-8-15-26-16-9-20)25-13-7-19(18-25)17-24-11-4-3-5-12-24;/h19-20H,2-18H2,1H3,(H,22,23);1H. The molecule has 0 amide bonds. The summed E-state index contributed by atoms with van der Waals surface area (Å²) in [5, 5.41) is 3.49. The molecular formula is C21H41IN4O2. The number of hydrogen-bond donors (Lipinski definition) is 1. The van der Waals surface area contributed by atoms with E-state index in [1.807, 2.05) is 0 Å². The number of ether oxygens (including phenoxy) is 2. The van der Waals surface area contributed by atoms with Gasteiger partial charge in [0.1, 0.15) is 0 Å². The lowest BCUT2D eigenvalue weighted by Gasteiger charge is -2.29. The predicted molar refractivity (Wildman–Crippen MR) is 126 cm³/mol. The van der Waals surface area contributed by atoms with Crippen molar-refractivity contribution in [2.24, 2.45) is 10.9 Å². The summed E-state index contributed by atoms with van der Waals surface area (Å²) >= 11 is 0. The van der Waals surface area contributed by atoms with Gasteiger partial charge >= 0.3 is 0 Å². The monoisotopic (exact) mass is 508 g/mol. The van der Waals surface area contributed by atoms with Crippen LogP contribution >= 0.6 is 24.0 Å². The van der Waals surface area contributed by atoms with Crippen LogP contribution in [0.4, 0.5) is 0 Å². The van der Waals surface area contributed by atoms with Crippen LogP contribution in [0.3, 0.4) is 0 Å². The third-order valence-electron chi connectivity index (χ3n) is 5.97. The number of hydrogen-bond acceptors (Lipinski definition) is 4. The first-order valence-corrected chi connectivity index (χ1v) is 11.3. The fraction of sp³-hybridized carbons (Fsp3) is 0.952. The van der Waals surface area contributed by atoms with Gasteiger partial charge in [0, 0.05) is 52.5 Å². The largest absolute Gasteiger partial charge is 0.381 e. The molecule has 0 saturated carbocycles. The zero-order valence-electron chi connectivity index (χ0n) is 17.7. The molecule has 3 rings (SSSR count). The molecule has 7 heteroatoms. The number of rotatable bonds is 8. The first-order chi connectivity index (χ1) is 13.3. The minimum atomic E-state index is 0. The van der Waals surface area contributed by atoms with E-state index < -0.39 is 0 Å². The second kappa shape index (κ2) is 14.0. The van der Waals surface area contributed by atoms with Crippen LogP contribution in [0.25, 0.3) is 0 Å². The smallest absolute Gasteiger partial charge is 0.193 e. The van der Waals surface area contributed by atoms with E-state index in [0.717, 1.165) is 77.1 Å². The lowest BCUT2D eigenvalue weighted by molar-refractivity contribution is -0.0318. The Morgan fingerprint density at radius 2 is 1.89 bits per heavy atom. The average molecular weight is 508 g/mol. The number of guanidine groups is 1. The molecule has 0 radical (unpaired) electrons. The molecule has 0 spiro atoms. The van der Waals surface area contributed by atoms with E-state index >= 15 is 0 Å². The Morgan fingerprint density at radius 3 is 2.64 bits per heavy atom. The van der Waals surface area contributed by atoms with Gasteiger partial charge in [-0.1, -0.05) is 6.42 Å². The highest BCUT2D eigenvalue weighted by Gasteiger charge is 2.26. The van der Waals surface area contributed by atoms with Gasteiger partial charge in [-0.05, 0) is 64.5 Å². The highest BCUT2D eigenvalue weighted by atomic mass is 127. The number of nitrogens with one attached hydrogen (secondary N) is 1. The Morgan fingerprint density at radius 1 is 1.11 bits per heavy atom. The third-order valence-corrected chi connectivity index (χ3v) is 5.97. The number of likely N-dealkylation sites (tertiary alicyclic amines) is 2. The fourth-order valence-electron chi connectivity index (χ4n) is 4.45. The molecule has 3 aliphatic heterocycles. The van der Waals surface area contributed by atoms with E-state index in [1.54, 1.807) is 0 Å². The van der Waals surface area contributed by atoms with Gasteiger partial charge in [0.25, 0.3) is 0 Å². The van der Waals surface area contributed by atoms with Gasteiger partial charge in [-0.15, -0.1) is 24.0 Å². The van der Waals surface area contributed by atoms with Crippen LogP contribution in [-0.4, -0.2) is 87.5 Å². The Labute approximate surface area is 188 Å². The van der Waals surface area contributed by atoms with Crippen molar-refractivity contribution in [3.8, 4) is 0 Å². The average Bonchev–Trinajstić information content (AvgIpc) is 3.17. The lowest BCUT2D eigenvalue weighted by Crippen LogP contribution is -2.41. The topological polar surface area (TPSA) is 49.3 Å². The van der Waals surface area contributed by atoms with Crippen molar-refractivity contribution in [1.82, 2.24) is 15.1 Å². The van der Waals surface area contributed by atoms with E-state index in [0.29, 0.717) is 6.10 Å². The first kappa shape index (κ1) is 24.2. The summed E-state index contributed by atoms with van der Waals surface area (Å²) < 4.78 is 11.3. The molecule has 28 heavy (non-hydrogen) atoms. The van der Waals surface area contributed by atoms with Crippen LogP contribution in [-0.2, 0) is 9.47 Å². The van der Waals surface area contributed by atoms with Crippen LogP contribution in [0.5, 0.6) is 0 Å².